The van der Waals surface area contributed by atoms with Crippen molar-refractivity contribution >= 4 is 45.1 Å². The number of nitrogens with zero attached hydrogens (tertiary/aromatic N) is 2. The van der Waals surface area contributed by atoms with Gasteiger partial charge in [0.15, 0.2) is 0 Å². The minimum atomic E-state index is -1.13. The molecule has 2 N–H and O–H groups in total. The van der Waals surface area contributed by atoms with Gasteiger partial charge < -0.3 is 10.4 Å². The molecule has 2 heterocycles. The van der Waals surface area contributed by atoms with Crippen LogP contribution in [0.15, 0.2) is 35.2 Å². The number of anilines is 1. The minimum absolute atomic E-state index is 0.0266. The van der Waals surface area contributed by atoms with E-state index in [1.54, 1.807) is 0 Å². The van der Waals surface area contributed by atoms with Gasteiger partial charge in [-0.15, -0.1) is 0 Å². The first-order valence-corrected chi connectivity index (χ1v) is 6.45. The highest BCUT2D eigenvalue weighted by atomic mass is 79.9. The molecule has 20 heavy (non-hydrogen) atoms. The zero-order valence-corrected chi connectivity index (χ0v) is 12.1. The summed E-state index contributed by atoms with van der Waals surface area (Å²) in [6.45, 7) is 0. The van der Waals surface area contributed by atoms with Gasteiger partial charge in [0.1, 0.15) is 5.15 Å². The lowest BCUT2D eigenvalue weighted by molar-refractivity contribution is 0.0696. The summed E-state index contributed by atoms with van der Waals surface area (Å²) >= 11 is 9.03. The first kappa shape index (κ1) is 14.4. The summed E-state index contributed by atoms with van der Waals surface area (Å²) in [5.74, 6) is -1.64. The molecule has 2 rings (SSSR count). The molecule has 0 saturated heterocycles. The largest absolute Gasteiger partial charge is 0.478 e. The molecule has 102 valence electrons. The van der Waals surface area contributed by atoms with Crippen molar-refractivity contribution in [2.75, 3.05) is 5.32 Å². The zero-order valence-electron chi connectivity index (χ0n) is 9.80. The number of carbonyl (C=O) groups is 2. The molecule has 0 bridgehead atoms. The van der Waals surface area contributed by atoms with Gasteiger partial charge in [0, 0.05) is 16.9 Å². The summed E-state index contributed by atoms with van der Waals surface area (Å²) in [4.78, 5) is 30.4. The van der Waals surface area contributed by atoms with Crippen LogP contribution < -0.4 is 5.32 Å². The number of hydrogen-bond donors (Lipinski definition) is 2. The van der Waals surface area contributed by atoms with Crippen molar-refractivity contribution in [3.8, 4) is 0 Å². The molecule has 2 aromatic heterocycles. The zero-order chi connectivity index (χ0) is 14.7. The maximum atomic E-state index is 12.0. The molecule has 0 aliphatic rings. The molecule has 0 fully saturated rings. The number of pyridine rings is 2. The lowest BCUT2D eigenvalue weighted by atomic mass is 10.2. The Morgan fingerprint density at radius 2 is 2.00 bits per heavy atom. The van der Waals surface area contributed by atoms with E-state index >= 15 is 0 Å². The monoisotopic (exact) mass is 355 g/mol. The predicted octanol–water partition coefficient (Wildman–Crippen LogP) is 2.84. The number of carbonyl (C=O) groups excluding carboxylic acids is 1. The highest BCUT2D eigenvalue weighted by molar-refractivity contribution is 9.10. The van der Waals surface area contributed by atoms with Gasteiger partial charge in [-0.3, -0.25) is 9.78 Å². The van der Waals surface area contributed by atoms with Gasteiger partial charge in [-0.1, -0.05) is 11.6 Å². The fourth-order valence-electron chi connectivity index (χ4n) is 1.41. The Kier molecular flexibility index (Phi) is 4.31. The van der Waals surface area contributed by atoms with Crippen LogP contribution >= 0.6 is 27.5 Å². The van der Waals surface area contributed by atoms with Crippen LogP contribution in [0.3, 0.4) is 0 Å². The Morgan fingerprint density at radius 1 is 1.25 bits per heavy atom. The molecule has 0 aliphatic heterocycles. The smallest absolute Gasteiger partial charge is 0.337 e. The molecule has 0 aromatic carbocycles. The molecule has 1 amide bonds. The topological polar surface area (TPSA) is 92.2 Å². The van der Waals surface area contributed by atoms with Crippen molar-refractivity contribution < 1.29 is 14.7 Å². The summed E-state index contributed by atoms with van der Waals surface area (Å²) in [5, 5.41) is 11.4. The Hall–Kier alpha value is -1.99. The number of carboxylic acids is 1. The van der Waals surface area contributed by atoms with E-state index < -0.39 is 11.9 Å². The molecule has 2 aromatic rings. The van der Waals surface area contributed by atoms with Crippen LogP contribution in [0.25, 0.3) is 0 Å². The standard InChI is InChI=1S/C12H7BrClN3O3/c13-7-2-9(10(14)16-4-7)11(18)17-8-1-6(12(19)20)3-15-5-8/h1-5H,(H,17,18)(H,19,20). The molecule has 8 heteroatoms. The SMILES string of the molecule is O=C(O)c1cncc(NC(=O)c2cc(Br)cnc2Cl)c1. The van der Waals surface area contributed by atoms with Crippen LogP contribution in [0, 0.1) is 0 Å². The average molecular weight is 357 g/mol. The number of hydrogen-bond acceptors (Lipinski definition) is 4. The van der Waals surface area contributed by atoms with Crippen molar-refractivity contribution in [2.45, 2.75) is 0 Å². The van der Waals surface area contributed by atoms with Gasteiger partial charge in [0.2, 0.25) is 0 Å². The summed E-state index contributed by atoms with van der Waals surface area (Å²) in [7, 11) is 0. The van der Waals surface area contributed by atoms with Gasteiger partial charge in [-0.2, -0.15) is 0 Å². The van der Waals surface area contributed by atoms with E-state index in [9.17, 15) is 9.59 Å². The van der Waals surface area contributed by atoms with Crippen molar-refractivity contribution in [1.82, 2.24) is 9.97 Å². The number of amides is 1. The van der Waals surface area contributed by atoms with E-state index in [0.717, 1.165) is 0 Å². The van der Waals surface area contributed by atoms with E-state index in [1.807, 2.05) is 0 Å². The van der Waals surface area contributed by atoms with Crippen LogP contribution in [0.4, 0.5) is 5.69 Å². The molecule has 0 radical (unpaired) electrons. The quantitative estimate of drug-likeness (QED) is 0.825. The Labute approximate surface area is 126 Å². The Balaban J connectivity index is 2.25. The van der Waals surface area contributed by atoms with Gasteiger partial charge in [-0.05, 0) is 28.1 Å². The average Bonchev–Trinajstić information content (AvgIpc) is 2.41. The number of aromatic carboxylic acids is 1. The fraction of sp³-hybridized carbons (Fsp3) is 0. The second-order valence-corrected chi connectivity index (χ2v) is 4.99. The van der Waals surface area contributed by atoms with Crippen molar-refractivity contribution in [3.63, 3.8) is 0 Å². The number of halogens is 2. The van der Waals surface area contributed by atoms with Crippen LogP contribution in [0.5, 0.6) is 0 Å². The van der Waals surface area contributed by atoms with Crippen LogP contribution in [0.2, 0.25) is 5.15 Å². The fourth-order valence-corrected chi connectivity index (χ4v) is 1.93. The summed E-state index contributed by atoms with van der Waals surface area (Å²) in [6.07, 6.45) is 3.99. The van der Waals surface area contributed by atoms with E-state index in [1.165, 1.54) is 30.7 Å². The third kappa shape index (κ3) is 3.31. The molecule has 0 saturated carbocycles. The molecular formula is C12H7BrClN3O3. The number of nitrogens with one attached hydrogen (secondary N) is 1. The first-order chi connectivity index (χ1) is 9.47. The maximum Gasteiger partial charge on any atom is 0.337 e. The van der Waals surface area contributed by atoms with Gasteiger partial charge in [-0.25, -0.2) is 9.78 Å². The van der Waals surface area contributed by atoms with Gasteiger partial charge in [0.25, 0.3) is 5.91 Å². The highest BCUT2D eigenvalue weighted by Gasteiger charge is 2.13. The minimum Gasteiger partial charge on any atom is -0.478 e. The normalized spacial score (nSPS) is 10.1. The third-order valence-electron chi connectivity index (χ3n) is 2.29. The molecular weight excluding hydrogens is 350 g/mol. The van der Waals surface area contributed by atoms with Crippen LogP contribution in [-0.2, 0) is 0 Å². The molecule has 0 aliphatic carbocycles. The van der Waals surface area contributed by atoms with Crippen LogP contribution in [0.1, 0.15) is 20.7 Å². The van der Waals surface area contributed by atoms with Crippen molar-refractivity contribution in [2.24, 2.45) is 0 Å². The molecule has 0 atom stereocenters. The second kappa shape index (κ2) is 5.98. The Morgan fingerprint density at radius 3 is 2.70 bits per heavy atom. The van der Waals surface area contributed by atoms with Gasteiger partial charge in [0.05, 0.1) is 23.0 Å². The highest BCUT2D eigenvalue weighted by Crippen LogP contribution is 2.19. The summed E-state index contributed by atoms with van der Waals surface area (Å²) in [6, 6.07) is 2.81. The number of carboxylic acid groups (broad SMARTS) is 1. The molecule has 0 spiro atoms. The lowest BCUT2D eigenvalue weighted by Crippen LogP contribution is -2.14. The second-order valence-electron chi connectivity index (χ2n) is 3.71. The Bertz CT molecular complexity index is 693. The molecule has 6 nitrogen and oxygen atoms in total. The van der Waals surface area contributed by atoms with Crippen molar-refractivity contribution in [3.05, 3.63) is 51.5 Å². The van der Waals surface area contributed by atoms with Gasteiger partial charge >= 0.3 is 5.97 Å². The maximum absolute atomic E-state index is 12.0. The summed E-state index contributed by atoms with van der Waals surface area (Å²) < 4.78 is 0.601. The lowest BCUT2D eigenvalue weighted by Gasteiger charge is -2.07. The first-order valence-electron chi connectivity index (χ1n) is 5.28. The number of aromatic nitrogens is 2. The van der Waals surface area contributed by atoms with Crippen molar-refractivity contribution in [1.29, 1.82) is 0 Å². The molecule has 0 unspecified atom stereocenters. The predicted molar refractivity (Wildman–Crippen MR) is 76.1 cm³/mol. The van der Waals surface area contributed by atoms with E-state index in [2.05, 4.69) is 31.2 Å². The van der Waals surface area contributed by atoms with E-state index in [-0.39, 0.29) is 22.0 Å². The summed E-state index contributed by atoms with van der Waals surface area (Å²) in [5.41, 5.74) is 0.397. The van der Waals surface area contributed by atoms with E-state index in [0.29, 0.717) is 4.47 Å². The number of rotatable bonds is 3. The van der Waals surface area contributed by atoms with E-state index in [4.69, 9.17) is 16.7 Å². The third-order valence-corrected chi connectivity index (χ3v) is 3.03. The van der Waals surface area contributed by atoms with Crippen LogP contribution in [-0.4, -0.2) is 27.0 Å².